The number of benzene rings is 1. The van der Waals surface area contributed by atoms with E-state index in [1.54, 1.807) is 25.2 Å². The van der Waals surface area contributed by atoms with Gasteiger partial charge < -0.3 is 4.74 Å². The lowest BCUT2D eigenvalue weighted by atomic mass is 9.92. The molecule has 1 aromatic carbocycles. The summed E-state index contributed by atoms with van der Waals surface area (Å²) in [6.45, 7) is 6.20. The van der Waals surface area contributed by atoms with Gasteiger partial charge in [0.2, 0.25) is 0 Å². The summed E-state index contributed by atoms with van der Waals surface area (Å²) in [5.41, 5.74) is 1.84. The second kappa shape index (κ2) is 5.68. The minimum absolute atomic E-state index is 0.106. The maximum absolute atomic E-state index is 12.8. The molecule has 0 aliphatic carbocycles. The average molecular weight is 290 g/mol. The number of rotatable bonds is 3. The Morgan fingerprint density at radius 2 is 1.90 bits per heavy atom. The third-order valence-corrected chi connectivity index (χ3v) is 3.14. The number of carbonyl (C=O) groups is 1. The molecule has 0 N–H and O–H groups in total. The lowest BCUT2D eigenvalue weighted by Gasteiger charge is -2.13. The Kier molecular flexibility index (Phi) is 4.11. The molecule has 0 bridgehead atoms. The van der Waals surface area contributed by atoms with Crippen molar-refractivity contribution in [2.24, 2.45) is 7.05 Å². The molecule has 0 atom stereocenters. The highest BCUT2D eigenvalue weighted by molar-refractivity contribution is 5.87. The first-order valence-corrected chi connectivity index (χ1v) is 6.73. The van der Waals surface area contributed by atoms with Crippen molar-refractivity contribution >= 4 is 5.97 Å². The summed E-state index contributed by atoms with van der Waals surface area (Å²) in [7, 11) is 1.71. The molecule has 0 spiro atoms. The highest BCUT2D eigenvalue weighted by Crippen LogP contribution is 2.21. The van der Waals surface area contributed by atoms with Crippen LogP contribution in [0.15, 0.2) is 30.3 Å². The first-order valence-electron chi connectivity index (χ1n) is 6.73. The normalized spacial score (nSPS) is 11.5. The molecule has 1 heterocycles. The Morgan fingerprint density at radius 3 is 2.43 bits per heavy atom. The van der Waals surface area contributed by atoms with Crippen LogP contribution in [0.5, 0.6) is 0 Å². The van der Waals surface area contributed by atoms with Crippen molar-refractivity contribution in [3.63, 3.8) is 0 Å². The number of hydrogen-bond donors (Lipinski definition) is 0. The van der Waals surface area contributed by atoms with Gasteiger partial charge in [-0.15, -0.1) is 0 Å². The van der Waals surface area contributed by atoms with Crippen LogP contribution in [0, 0.1) is 5.82 Å². The van der Waals surface area contributed by atoms with Gasteiger partial charge in [-0.3, -0.25) is 4.68 Å². The lowest BCUT2D eigenvalue weighted by Crippen LogP contribution is -2.12. The number of halogens is 1. The third kappa shape index (κ3) is 3.68. The first kappa shape index (κ1) is 15.2. The van der Waals surface area contributed by atoms with Crippen LogP contribution in [-0.2, 0) is 23.8 Å². The number of aromatic nitrogens is 2. The zero-order chi connectivity index (χ0) is 15.6. The molecule has 0 unspecified atom stereocenters. The van der Waals surface area contributed by atoms with Crippen LogP contribution in [0.2, 0.25) is 0 Å². The smallest absolute Gasteiger partial charge is 0.356 e. The summed E-state index contributed by atoms with van der Waals surface area (Å²) in [4.78, 5) is 12.1. The largest absolute Gasteiger partial charge is 0.456 e. The highest BCUT2D eigenvalue weighted by atomic mass is 19.1. The number of nitrogens with zero attached hydrogens (tertiary/aromatic N) is 2. The van der Waals surface area contributed by atoms with Crippen LogP contribution in [0.25, 0.3) is 0 Å². The van der Waals surface area contributed by atoms with Crippen LogP contribution in [-0.4, -0.2) is 15.7 Å². The predicted molar refractivity (Wildman–Crippen MR) is 77.4 cm³/mol. The molecule has 0 saturated heterocycles. The molecule has 0 amide bonds. The van der Waals surface area contributed by atoms with Gasteiger partial charge in [0.1, 0.15) is 18.1 Å². The van der Waals surface area contributed by atoms with E-state index in [0.717, 1.165) is 11.3 Å². The summed E-state index contributed by atoms with van der Waals surface area (Å²) in [6.07, 6.45) is 0. The Balaban J connectivity index is 2.07. The molecule has 0 aliphatic rings. The number of ether oxygens (including phenoxy) is 1. The van der Waals surface area contributed by atoms with Crippen molar-refractivity contribution in [3.8, 4) is 0 Å². The second-order valence-electron chi connectivity index (χ2n) is 5.99. The van der Waals surface area contributed by atoms with Crippen molar-refractivity contribution in [2.75, 3.05) is 0 Å². The van der Waals surface area contributed by atoms with E-state index >= 15 is 0 Å². The summed E-state index contributed by atoms with van der Waals surface area (Å²) in [5.74, 6) is -0.753. The zero-order valence-corrected chi connectivity index (χ0v) is 12.7. The van der Waals surface area contributed by atoms with Gasteiger partial charge in [0.25, 0.3) is 0 Å². The molecule has 0 fully saturated rings. The van der Waals surface area contributed by atoms with Gasteiger partial charge in [0.05, 0.1) is 5.69 Å². The Morgan fingerprint density at radius 1 is 1.29 bits per heavy atom. The lowest BCUT2D eigenvalue weighted by molar-refractivity contribution is 0.0460. The summed E-state index contributed by atoms with van der Waals surface area (Å²) in [6, 6.07) is 7.60. The van der Waals surface area contributed by atoms with Gasteiger partial charge in [-0.05, 0) is 23.8 Å². The van der Waals surface area contributed by atoms with Crippen LogP contribution < -0.4 is 0 Å². The van der Waals surface area contributed by atoms with E-state index in [1.807, 2.05) is 20.8 Å². The number of carbonyl (C=O) groups excluding carboxylic acids is 1. The minimum Gasteiger partial charge on any atom is -0.456 e. The molecule has 2 rings (SSSR count). The van der Waals surface area contributed by atoms with Crippen LogP contribution >= 0.6 is 0 Å². The first-order chi connectivity index (χ1) is 9.77. The summed E-state index contributed by atoms with van der Waals surface area (Å²) >= 11 is 0. The molecule has 112 valence electrons. The van der Waals surface area contributed by atoms with Gasteiger partial charge in [0.15, 0.2) is 0 Å². The van der Waals surface area contributed by atoms with Gasteiger partial charge in [0, 0.05) is 12.5 Å². The maximum Gasteiger partial charge on any atom is 0.356 e. The number of esters is 1. The monoisotopic (exact) mass is 290 g/mol. The predicted octanol–water partition coefficient (Wildman–Crippen LogP) is 3.21. The van der Waals surface area contributed by atoms with Crippen molar-refractivity contribution < 1.29 is 13.9 Å². The van der Waals surface area contributed by atoms with Gasteiger partial charge >= 0.3 is 5.97 Å². The number of hydrogen-bond acceptors (Lipinski definition) is 3. The van der Waals surface area contributed by atoms with Gasteiger partial charge in [-0.1, -0.05) is 32.9 Å². The summed E-state index contributed by atoms with van der Waals surface area (Å²) < 4.78 is 19.6. The zero-order valence-electron chi connectivity index (χ0n) is 12.7. The van der Waals surface area contributed by atoms with E-state index in [4.69, 9.17) is 4.74 Å². The number of aryl methyl sites for hydroxylation is 1. The molecule has 0 saturated carbocycles. The molecular weight excluding hydrogens is 271 g/mol. The van der Waals surface area contributed by atoms with Crippen molar-refractivity contribution in [2.45, 2.75) is 32.8 Å². The SMILES string of the molecule is Cn1nc(C(C)(C)C)cc1C(=O)OCc1ccc(F)cc1. The fraction of sp³-hybridized carbons (Fsp3) is 0.375. The van der Waals surface area contributed by atoms with Gasteiger partial charge in [-0.25, -0.2) is 9.18 Å². The summed E-state index contributed by atoms with van der Waals surface area (Å²) in [5, 5.41) is 4.34. The van der Waals surface area contributed by atoms with Crippen LogP contribution in [0.4, 0.5) is 4.39 Å². The molecule has 5 heteroatoms. The molecule has 4 nitrogen and oxygen atoms in total. The fourth-order valence-corrected chi connectivity index (χ4v) is 1.83. The molecule has 2 aromatic rings. The standard InChI is InChI=1S/C16H19FN2O2/c1-16(2,3)14-9-13(19(4)18-14)15(20)21-10-11-5-7-12(17)8-6-11/h5-9H,10H2,1-4H3. The molecule has 0 radical (unpaired) electrons. The third-order valence-electron chi connectivity index (χ3n) is 3.14. The average Bonchev–Trinajstić information content (AvgIpc) is 2.80. The van der Waals surface area contributed by atoms with E-state index in [0.29, 0.717) is 5.69 Å². The molecule has 1 aromatic heterocycles. The van der Waals surface area contributed by atoms with Gasteiger partial charge in [-0.2, -0.15) is 5.10 Å². The van der Waals surface area contributed by atoms with Crippen LogP contribution in [0.1, 0.15) is 42.5 Å². The fourth-order valence-electron chi connectivity index (χ4n) is 1.83. The Bertz CT molecular complexity index is 639. The molecule has 0 aliphatic heterocycles. The van der Waals surface area contributed by atoms with E-state index < -0.39 is 5.97 Å². The quantitative estimate of drug-likeness (QED) is 0.815. The van der Waals surface area contributed by atoms with Crippen molar-refractivity contribution in [1.82, 2.24) is 9.78 Å². The highest BCUT2D eigenvalue weighted by Gasteiger charge is 2.22. The van der Waals surface area contributed by atoms with E-state index in [9.17, 15) is 9.18 Å². The maximum atomic E-state index is 12.8. The molecule has 21 heavy (non-hydrogen) atoms. The topological polar surface area (TPSA) is 44.1 Å². The minimum atomic E-state index is -0.440. The van der Waals surface area contributed by atoms with E-state index in [2.05, 4.69) is 5.10 Å². The van der Waals surface area contributed by atoms with Crippen LogP contribution in [0.3, 0.4) is 0 Å². The molecular formula is C16H19FN2O2. The Hall–Kier alpha value is -2.17. The second-order valence-corrected chi connectivity index (χ2v) is 5.99. The Labute approximate surface area is 123 Å². The van der Waals surface area contributed by atoms with E-state index in [1.165, 1.54) is 16.8 Å². The van der Waals surface area contributed by atoms with Crippen molar-refractivity contribution in [1.29, 1.82) is 0 Å². The van der Waals surface area contributed by atoms with Crippen molar-refractivity contribution in [3.05, 3.63) is 53.1 Å². The van der Waals surface area contributed by atoms with E-state index in [-0.39, 0.29) is 17.8 Å².